The molecule has 2 aromatic rings. The largest absolute Gasteiger partial charge is 0.299 e. The molecule has 1 aliphatic rings. The summed E-state index contributed by atoms with van der Waals surface area (Å²) in [4.78, 5) is 25.7. The molecule has 0 radical (unpaired) electrons. The number of ketones is 1. The third kappa shape index (κ3) is 2.14. The Labute approximate surface area is 123 Å². The first-order chi connectivity index (χ1) is 10.2. The van der Waals surface area contributed by atoms with Crippen LogP contribution in [-0.4, -0.2) is 21.5 Å². The molecule has 1 amide bonds. The van der Waals surface area contributed by atoms with Crippen LogP contribution >= 0.6 is 0 Å². The number of Topliss-reactive ketones (excluding diaryl/α,β-unsaturated/α-hetero) is 1. The smallest absolute Gasteiger partial charge is 0.299 e. The van der Waals surface area contributed by atoms with Gasteiger partial charge in [-0.1, -0.05) is 19.1 Å². The Kier molecular flexibility index (Phi) is 3.33. The minimum atomic E-state index is -0.460. The number of nitrogens with zero attached hydrogens (tertiary/aromatic N) is 3. The summed E-state index contributed by atoms with van der Waals surface area (Å²) >= 11 is 0. The highest BCUT2D eigenvalue weighted by molar-refractivity contribution is 6.52. The van der Waals surface area contributed by atoms with E-state index in [9.17, 15) is 9.59 Å². The maximum Gasteiger partial charge on any atom is 0.299 e. The van der Waals surface area contributed by atoms with Gasteiger partial charge in [0.15, 0.2) is 0 Å². The maximum absolute atomic E-state index is 12.2. The molecule has 0 spiro atoms. The van der Waals surface area contributed by atoms with Crippen molar-refractivity contribution >= 4 is 17.4 Å². The number of aromatic nitrogens is 2. The number of hydrogen-bond acceptors (Lipinski definition) is 3. The molecule has 1 aliphatic heterocycles. The summed E-state index contributed by atoms with van der Waals surface area (Å²) < 4.78 is 1.89. The Morgan fingerprint density at radius 1 is 1.14 bits per heavy atom. The Morgan fingerprint density at radius 3 is 2.62 bits per heavy atom. The van der Waals surface area contributed by atoms with Crippen molar-refractivity contribution in [2.45, 2.75) is 33.4 Å². The van der Waals surface area contributed by atoms with E-state index >= 15 is 0 Å². The SMILES string of the molecule is CCc1cc(CN2C(=O)C(=O)c3ccccc32)n(CC)n1. The molecule has 21 heavy (non-hydrogen) atoms. The molecular weight excluding hydrogens is 266 g/mol. The van der Waals surface area contributed by atoms with E-state index in [1.165, 1.54) is 0 Å². The lowest BCUT2D eigenvalue weighted by molar-refractivity contribution is -0.114. The van der Waals surface area contributed by atoms with E-state index in [1.54, 1.807) is 17.0 Å². The normalized spacial score (nSPS) is 13.9. The van der Waals surface area contributed by atoms with Gasteiger partial charge in [0.2, 0.25) is 0 Å². The summed E-state index contributed by atoms with van der Waals surface area (Å²) in [5.74, 6) is -0.887. The van der Waals surface area contributed by atoms with Crippen molar-refractivity contribution in [3.63, 3.8) is 0 Å². The molecule has 1 aromatic carbocycles. The average Bonchev–Trinajstić information content (AvgIpc) is 3.02. The van der Waals surface area contributed by atoms with E-state index in [0.29, 0.717) is 17.8 Å². The van der Waals surface area contributed by atoms with Crippen molar-refractivity contribution in [1.82, 2.24) is 9.78 Å². The summed E-state index contributed by atoms with van der Waals surface area (Å²) in [7, 11) is 0. The second-order valence-corrected chi connectivity index (χ2v) is 5.03. The van der Waals surface area contributed by atoms with E-state index in [-0.39, 0.29) is 0 Å². The molecule has 0 N–H and O–H groups in total. The number of para-hydroxylation sites is 1. The molecule has 0 atom stereocenters. The summed E-state index contributed by atoms with van der Waals surface area (Å²) in [5, 5.41) is 4.48. The summed E-state index contributed by atoms with van der Waals surface area (Å²) in [6, 6.07) is 9.13. The standard InChI is InChI=1S/C16H17N3O2/c1-3-11-9-12(19(4-2)17-11)10-18-14-8-6-5-7-13(14)15(20)16(18)21/h5-9H,3-4,10H2,1-2H3. The van der Waals surface area contributed by atoms with Crippen molar-refractivity contribution < 1.29 is 9.59 Å². The van der Waals surface area contributed by atoms with Gasteiger partial charge in [-0.25, -0.2) is 0 Å². The van der Waals surface area contributed by atoms with Crippen molar-refractivity contribution in [1.29, 1.82) is 0 Å². The van der Waals surface area contributed by atoms with Crippen LogP contribution in [-0.2, 0) is 24.3 Å². The summed E-state index contributed by atoms with van der Waals surface area (Å²) in [6.45, 7) is 5.18. The lowest BCUT2D eigenvalue weighted by Gasteiger charge is -2.16. The molecule has 5 heteroatoms. The van der Waals surface area contributed by atoms with E-state index in [1.807, 2.05) is 36.7 Å². The lowest BCUT2D eigenvalue weighted by Crippen LogP contribution is -2.30. The molecule has 0 bridgehead atoms. The number of aryl methyl sites for hydroxylation is 2. The van der Waals surface area contributed by atoms with Gasteiger partial charge < -0.3 is 0 Å². The number of anilines is 1. The maximum atomic E-state index is 12.2. The molecule has 0 aliphatic carbocycles. The van der Waals surface area contributed by atoms with Gasteiger partial charge in [-0.2, -0.15) is 5.10 Å². The molecule has 1 aromatic heterocycles. The third-order valence-electron chi connectivity index (χ3n) is 3.77. The van der Waals surface area contributed by atoms with Crippen molar-refractivity contribution in [2.24, 2.45) is 0 Å². The third-order valence-corrected chi connectivity index (χ3v) is 3.77. The van der Waals surface area contributed by atoms with Gasteiger partial charge in [-0.15, -0.1) is 0 Å². The highest BCUT2D eigenvalue weighted by atomic mass is 16.2. The first-order valence-electron chi connectivity index (χ1n) is 7.16. The van der Waals surface area contributed by atoms with E-state index in [4.69, 9.17) is 0 Å². The topological polar surface area (TPSA) is 55.2 Å². The van der Waals surface area contributed by atoms with Gasteiger partial charge in [0.05, 0.1) is 29.2 Å². The van der Waals surface area contributed by atoms with Gasteiger partial charge >= 0.3 is 0 Å². The zero-order valence-electron chi connectivity index (χ0n) is 12.2. The molecule has 5 nitrogen and oxygen atoms in total. The van der Waals surface area contributed by atoms with Gasteiger partial charge in [-0.3, -0.25) is 19.2 Å². The van der Waals surface area contributed by atoms with Gasteiger partial charge in [0, 0.05) is 6.54 Å². The summed E-state index contributed by atoms with van der Waals surface area (Å²) in [6.07, 6.45) is 0.851. The fourth-order valence-electron chi connectivity index (χ4n) is 2.66. The fourth-order valence-corrected chi connectivity index (χ4v) is 2.66. The van der Waals surface area contributed by atoms with Gasteiger partial charge in [0.25, 0.3) is 11.7 Å². The quantitative estimate of drug-likeness (QED) is 0.808. The van der Waals surface area contributed by atoms with Crippen LogP contribution in [0.4, 0.5) is 5.69 Å². The van der Waals surface area contributed by atoms with Crippen LogP contribution in [0.2, 0.25) is 0 Å². The number of carbonyl (C=O) groups excluding carboxylic acids is 2. The predicted molar refractivity (Wildman–Crippen MR) is 79.2 cm³/mol. The number of carbonyl (C=O) groups is 2. The van der Waals surface area contributed by atoms with E-state index in [2.05, 4.69) is 5.10 Å². The van der Waals surface area contributed by atoms with E-state index < -0.39 is 11.7 Å². The molecule has 3 rings (SSSR count). The zero-order valence-corrected chi connectivity index (χ0v) is 12.2. The van der Waals surface area contributed by atoms with Crippen LogP contribution in [0.5, 0.6) is 0 Å². The van der Waals surface area contributed by atoms with E-state index in [0.717, 1.165) is 24.4 Å². The predicted octanol–water partition coefficient (Wildman–Crippen LogP) is 2.19. The number of fused-ring (bicyclic) bond motifs is 1. The molecular formula is C16H17N3O2. The van der Waals surface area contributed by atoms with Gasteiger partial charge in [-0.05, 0) is 31.5 Å². The number of hydrogen-bond donors (Lipinski definition) is 0. The minimum absolute atomic E-state index is 0.377. The van der Waals surface area contributed by atoms with Crippen LogP contribution in [0.1, 0.15) is 35.6 Å². The minimum Gasteiger partial charge on any atom is -0.299 e. The Balaban J connectivity index is 1.97. The fraction of sp³-hybridized carbons (Fsp3) is 0.312. The number of amides is 1. The first-order valence-corrected chi connectivity index (χ1v) is 7.16. The van der Waals surface area contributed by atoms with Crippen molar-refractivity contribution in [2.75, 3.05) is 4.90 Å². The number of benzene rings is 1. The highest BCUT2D eigenvalue weighted by Gasteiger charge is 2.35. The van der Waals surface area contributed by atoms with Crippen LogP contribution in [0.3, 0.4) is 0 Å². The zero-order chi connectivity index (χ0) is 15.0. The van der Waals surface area contributed by atoms with Crippen LogP contribution < -0.4 is 4.90 Å². The highest BCUT2D eigenvalue weighted by Crippen LogP contribution is 2.30. The number of rotatable bonds is 4. The Bertz CT molecular complexity index is 718. The molecule has 2 heterocycles. The lowest BCUT2D eigenvalue weighted by atomic mass is 10.1. The molecule has 0 fully saturated rings. The van der Waals surface area contributed by atoms with Crippen LogP contribution in [0.25, 0.3) is 0 Å². The van der Waals surface area contributed by atoms with Crippen molar-refractivity contribution in [3.8, 4) is 0 Å². The Hall–Kier alpha value is -2.43. The second-order valence-electron chi connectivity index (χ2n) is 5.03. The molecule has 108 valence electrons. The average molecular weight is 283 g/mol. The van der Waals surface area contributed by atoms with Crippen molar-refractivity contribution in [3.05, 3.63) is 47.3 Å². The van der Waals surface area contributed by atoms with Crippen LogP contribution in [0, 0.1) is 0 Å². The summed E-state index contributed by atoms with van der Waals surface area (Å²) in [5.41, 5.74) is 3.13. The van der Waals surface area contributed by atoms with Gasteiger partial charge in [0.1, 0.15) is 0 Å². The molecule has 0 saturated carbocycles. The first kappa shape index (κ1) is 13.5. The Morgan fingerprint density at radius 2 is 1.90 bits per heavy atom. The van der Waals surface area contributed by atoms with Crippen LogP contribution in [0.15, 0.2) is 30.3 Å². The molecule has 0 unspecified atom stereocenters. The second kappa shape index (κ2) is 5.16. The molecule has 0 saturated heterocycles. The monoisotopic (exact) mass is 283 g/mol.